The van der Waals surface area contributed by atoms with Crippen LogP contribution in [0.15, 0.2) is 115 Å². The summed E-state index contributed by atoms with van der Waals surface area (Å²) in [6.07, 6.45) is -2.09. The predicted octanol–water partition coefficient (Wildman–Crippen LogP) is 4.16. The lowest BCUT2D eigenvalue weighted by molar-refractivity contribution is -0.162. The number of esters is 1. The van der Waals surface area contributed by atoms with E-state index in [1.807, 2.05) is 31.2 Å². The van der Waals surface area contributed by atoms with Gasteiger partial charge in [-0.3, -0.25) is 67.8 Å². The molecule has 6 heterocycles. The zero-order chi connectivity index (χ0) is 99.3. The van der Waals surface area contributed by atoms with E-state index in [4.69, 9.17) is 41.0 Å². The van der Waals surface area contributed by atoms with Gasteiger partial charge < -0.3 is 107 Å². The van der Waals surface area contributed by atoms with Crippen molar-refractivity contribution in [1.29, 1.82) is 0 Å². The van der Waals surface area contributed by atoms with Crippen molar-refractivity contribution in [3.63, 3.8) is 0 Å². The van der Waals surface area contributed by atoms with Gasteiger partial charge in [0.15, 0.2) is 5.72 Å². The highest BCUT2D eigenvalue weighted by atomic mass is 35.5. The molecule has 1 aliphatic carbocycles. The summed E-state index contributed by atoms with van der Waals surface area (Å²) in [6.45, 7) is 8.91. The largest absolute Gasteiger partial charge is 0.495 e. The second kappa shape index (κ2) is 49.4. The first-order valence-electron chi connectivity index (χ1n) is 46.4. The number of nitrogens with zero attached hydrogens (tertiary/aromatic N) is 3. The summed E-state index contributed by atoms with van der Waals surface area (Å²) in [4.78, 5) is 211. The summed E-state index contributed by atoms with van der Waals surface area (Å²) in [5.74, 6) is -11.4. The number of nitrogens with two attached hydrogens (primary N) is 1. The van der Waals surface area contributed by atoms with Crippen LogP contribution in [0.4, 0.5) is 10.5 Å². The van der Waals surface area contributed by atoms with Crippen molar-refractivity contribution < 1.29 is 111 Å². The number of allylic oxidation sites excluding steroid dienone is 2. The Morgan fingerprint density at radius 2 is 1.42 bits per heavy atom. The molecule has 13 amide bonds. The summed E-state index contributed by atoms with van der Waals surface area (Å²) in [5, 5.41) is 68.5. The molecule has 1 saturated carbocycles. The third-order valence-electron chi connectivity index (χ3n) is 26.5. The Morgan fingerprint density at radius 1 is 0.766 bits per heavy atom. The molecule has 0 radical (unpaired) electrons. The Balaban J connectivity index is 0.752. The van der Waals surface area contributed by atoms with Crippen molar-refractivity contribution in [1.82, 2.24) is 62.6 Å². The Morgan fingerprint density at radius 3 is 2.09 bits per heavy atom. The highest BCUT2D eigenvalue weighted by molar-refractivity contribution is 8.76. The van der Waals surface area contributed by atoms with Crippen molar-refractivity contribution >= 4 is 144 Å². The maximum atomic E-state index is 15.4. The number of likely N-dealkylation sites (tertiary alicyclic amines) is 1. The van der Waals surface area contributed by atoms with E-state index in [0.717, 1.165) is 44.5 Å². The molecular weight excluding hydrogens is 1850 g/mol. The number of aliphatic hydroxyl groups is 4. The van der Waals surface area contributed by atoms with Gasteiger partial charge in [-0.05, 0) is 152 Å². The number of ether oxygens (including phenoxy) is 5. The standard InChI is InChI=1S/C96H129ClN14O23S3/c1-52-22-21-30-76(131-10)96(129)46-74(132-94(128)108-96)53(2)83-95(6,134-83)77(45-79(116)110(8)72-41-60(38-52)42-73(130-9)81(72)97)133-93(127)54(3)109(7)78(115)35-37-135-75-44-80(117)111(92(75)126)48-59-31-33-61(34-32-59)84(118)101-66(39-57-23-13-11-14-24-57)87(121)105-70-50-136-137-51-71(90(124)104-69(49-112)55(4)113)106-91(125)82(56(5)114)107-85(119)65(29-19-20-36-98)100-88(122)68(43-62-47-99-64-28-18-17-27-63(62)64)103-86(120)67(102-89(70)123)40-58-25-15-12-16-26-58/h11-18,22-28,41-42,47,53-56,59,61,65-71,74-77,82-83,99,112-114,129H,19-21,29-40,43-46,48-51,98H2,1-10H3,(H,100,122)(H,101,118)(H,102,123)(H,103,120)(H,104,124)(H,105,121)(H,106,125)(H,107,119)(H,108,128)/b52-22+/t53-,54+,55-,56-,59?,61?,65+,66-,67+,68-,69-,70+,71+,74+,75?,76-,77+,82+,83+,95+,96+/m1/s1. The maximum Gasteiger partial charge on any atom is 0.409 e. The van der Waals surface area contributed by atoms with E-state index in [0.29, 0.717) is 77.6 Å². The number of alkyl carbamates (subject to hydrolysis) is 1. The van der Waals surface area contributed by atoms with E-state index in [-0.39, 0.29) is 105 Å². The van der Waals surface area contributed by atoms with Crippen LogP contribution in [0.3, 0.4) is 0 Å². The van der Waals surface area contributed by atoms with Gasteiger partial charge in [0, 0.05) is 112 Å². The van der Waals surface area contributed by atoms with Crippen LogP contribution in [-0.2, 0) is 107 Å². The van der Waals surface area contributed by atoms with Crippen LogP contribution in [0.25, 0.3) is 10.9 Å². The molecular formula is C96H129ClN14O23S3. The van der Waals surface area contributed by atoms with Crippen molar-refractivity contribution in [2.75, 3.05) is 70.2 Å². The number of carbonyl (C=O) groups is 14. The number of nitrogens with one attached hydrogen (secondary N) is 10. The molecule has 5 aromatic rings. The van der Waals surface area contributed by atoms with Gasteiger partial charge in [0.2, 0.25) is 70.9 Å². The quantitative estimate of drug-likeness (QED) is 0.00766. The predicted molar refractivity (Wildman–Crippen MR) is 515 cm³/mol. The number of H-pyrrole nitrogens is 1. The fraction of sp³-hybridized carbons (Fsp3) is 0.562. The van der Waals surface area contributed by atoms with Crippen LogP contribution < -0.4 is 63.2 Å². The Bertz CT molecular complexity index is 5150. The molecule has 5 fully saturated rings. The van der Waals surface area contributed by atoms with Gasteiger partial charge >= 0.3 is 12.1 Å². The lowest BCUT2D eigenvalue weighted by atomic mass is 9.81. The van der Waals surface area contributed by atoms with Crippen molar-refractivity contribution in [2.24, 2.45) is 23.5 Å². The van der Waals surface area contributed by atoms with Gasteiger partial charge in [0.25, 0.3) is 0 Å². The number of carbonyl (C=O) groups excluding carboxylic acids is 14. The maximum absolute atomic E-state index is 15.4. The molecule has 6 aliphatic rings. The number of methoxy groups -OCH3 is 2. The number of likely N-dealkylation sites (N-methyl/N-ethyl adjacent to an activating group) is 1. The molecule has 1 unspecified atom stereocenters. The zero-order valence-corrected chi connectivity index (χ0v) is 81.9. The van der Waals surface area contributed by atoms with Crippen LogP contribution in [0, 0.1) is 17.8 Å². The van der Waals surface area contributed by atoms with Gasteiger partial charge in [-0.15, -0.1) is 11.8 Å². The number of imide groups is 1. The van der Waals surface area contributed by atoms with Crippen LogP contribution in [-0.4, -0.2) is 291 Å². The molecule has 16 N–H and O–H groups in total. The second-order valence-electron chi connectivity index (χ2n) is 36.5. The van der Waals surface area contributed by atoms with Crippen molar-refractivity contribution in [3.05, 3.63) is 142 Å². The minimum Gasteiger partial charge on any atom is -0.495 e. The number of fused-ring (bicyclic) bond motifs is 6. The molecule has 19 atom stereocenters. The number of unbranched alkanes of at least 4 members (excludes halogenated alkanes) is 1. The Labute approximate surface area is 813 Å². The van der Waals surface area contributed by atoms with Gasteiger partial charge in [0.05, 0.1) is 55.4 Å². The average molecular weight is 1980 g/mol. The van der Waals surface area contributed by atoms with Crippen LogP contribution in [0.2, 0.25) is 5.02 Å². The molecule has 37 nitrogen and oxygen atoms in total. The minimum absolute atomic E-state index is 0.0362. The number of rotatable bonds is 30. The molecule has 41 heteroatoms. The number of anilines is 1. The average Bonchev–Trinajstić information content (AvgIpc) is 1.57. The Kier molecular flexibility index (Phi) is 38.6. The molecule has 1 aromatic heterocycles. The molecule has 4 bridgehead atoms. The molecule has 5 aliphatic heterocycles. The third kappa shape index (κ3) is 28.3. The van der Waals surface area contributed by atoms with E-state index >= 15 is 19.2 Å². The second-order valence-corrected chi connectivity index (χ2v) is 40.7. The van der Waals surface area contributed by atoms with Crippen LogP contribution in [0.1, 0.15) is 147 Å². The number of thioether (sulfide) groups is 1. The molecule has 0 spiro atoms. The molecule has 4 saturated heterocycles. The number of hydrogen-bond donors (Lipinski definition) is 15. The van der Waals surface area contributed by atoms with Crippen LogP contribution in [0.5, 0.6) is 5.75 Å². The topological polar surface area (TPSA) is 529 Å². The van der Waals surface area contributed by atoms with Gasteiger partial charge in [-0.25, -0.2) is 9.59 Å². The summed E-state index contributed by atoms with van der Waals surface area (Å²) in [7, 11) is 7.74. The molecule has 137 heavy (non-hydrogen) atoms. The number of hydrogen-bond acceptors (Lipinski definition) is 27. The number of aliphatic hydroxyl groups excluding tert-OH is 3. The summed E-state index contributed by atoms with van der Waals surface area (Å²) < 4.78 is 29.9. The number of aromatic nitrogens is 1. The van der Waals surface area contributed by atoms with E-state index in [1.54, 1.807) is 98.9 Å². The van der Waals surface area contributed by atoms with Crippen LogP contribution >= 0.6 is 45.0 Å². The molecule has 4 aromatic carbocycles. The van der Waals surface area contributed by atoms with Crippen molar-refractivity contribution in [3.8, 4) is 5.75 Å². The van der Waals surface area contributed by atoms with Gasteiger partial charge in [-0.1, -0.05) is 131 Å². The summed E-state index contributed by atoms with van der Waals surface area (Å²) in [6, 6.07) is 15.1. The lowest BCUT2D eigenvalue weighted by Gasteiger charge is -2.43. The summed E-state index contributed by atoms with van der Waals surface area (Å²) >= 11 is 8.03. The normalized spacial score (nSPS) is 27.9. The Hall–Kier alpha value is -10.4. The summed E-state index contributed by atoms with van der Waals surface area (Å²) in [5.41, 5.74) is 7.15. The fourth-order valence-corrected chi connectivity index (χ4v) is 21.7. The van der Waals surface area contributed by atoms with Gasteiger partial charge in [-0.2, -0.15) is 0 Å². The highest BCUT2D eigenvalue weighted by Crippen LogP contribution is 2.50. The number of aromatic amines is 1. The van der Waals surface area contributed by atoms with E-state index in [1.165, 1.54) is 63.8 Å². The lowest BCUT2D eigenvalue weighted by Crippen LogP contribution is -2.64. The fourth-order valence-electron chi connectivity index (χ4n) is 17.9. The number of benzene rings is 4. The number of para-hydroxylation sites is 1. The highest BCUT2D eigenvalue weighted by Gasteiger charge is 2.65. The van der Waals surface area contributed by atoms with E-state index < -0.39 is 215 Å². The first-order chi connectivity index (χ1) is 65.3. The molecule has 11 rings (SSSR count). The van der Waals surface area contributed by atoms with Gasteiger partial charge in [0.1, 0.15) is 83.0 Å². The minimum atomic E-state index is -1.86. The SMILES string of the molecule is COc1cc2cc(c1Cl)N(C)C(=O)C[C@H](OC(=O)[C@H](C)N(C)C(=O)CCSC1CC(=O)N(CC3CCC(C(=O)N[C@H](Cc4ccccc4)C(=O)N[C@H]4CSSC[C@@H](C(=O)N[C@H](CO)[C@@H](C)O)NC(=O)[C@H]([C@@H](C)O)NC(=O)[C@H](CCCCN)NC(=O)[C@@H](Cc5c[nH]c6ccccc56)NC(=O)[C@H](Cc5ccccc5)NC4=O)CC3)C1=O)[C@]1(C)O[C@H]1[C@H](C)[C@@H]1C[C@@](O)(NC(=O)O1)[C@H](OC)CC/C=C(\C)C2. The first-order valence-corrected chi connectivity index (χ1v) is 50.4. The first kappa shape index (κ1) is 107. The monoisotopic (exact) mass is 1980 g/mol. The zero-order valence-electron chi connectivity index (χ0n) is 78.7. The van der Waals surface area contributed by atoms with E-state index in [9.17, 15) is 68.4 Å². The number of amides is 13. The third-order valence-corrected chi connectivity index (χ3v) is 30.5. The number of epoxide rings is 1. The van der Waals surface area contributed by atoms with E-state index in [2.05, 4.69) is 52.8 Å². The smallest absolute Gasteiger partial charge is 0.409 e. The molecule has 746 valence electrons. The number of halogens is 1. The van der Waals surface area contributed by atoms with Crippen molar-refractivity contribution in [2.45, 2.75) is 258 Å².